The molecule has 0 aromatic rings. The number of unbranched alkanes of at least 4 members (excludes halogenated alkanes) is 30. The third kappa shape index (κ3) is 37.2. The van der Waals surface area contributed by atoms with Crippen molar-refractivity contribution < 1.29 is 20.1 Å². The molecule has 0 rings (SSSR count). The average molecular weight is 734 g/mol. The fourth-order valence-electron chi connectivity index (χ4n) is 7.18. The van der Waals surface area contributed by atoms with E-state index in [1.807, 2.05) is 0 Å². The van der Waals surface area contributed by atoms with Crippen LogP contribution in [-0.4, -0.2) is 46.1 Å². The number of hydrogen-bond acceptors (Lipinski definition) is 4. The van der Waals surface area contributed by atoms with Gasteiger partial charge < -0.3 is 20.6 Å². The highest BCUT2D eigenvalue weighted by molar-refractivity contribution is 5.76. The van der Waals surface area contributed by atoms with Gasteiger partial charge in [-0.05, 0) is 51.4 Å². The lowest BCUT2D eigenvalue weighted by atomic mass is 10.0. The van der Waals surface area contributed by atoms with E-state index in [0.717, 1.165) is 44.9 Å². The first-order valence-corrected chi connectivity index (χ1v) is 23.1. The van der Waals surface area contributed by atoms with Crippen molar-refractivity contribution in [2.45, 2.75) is 263 Å². The van der Waals surface area contributed by atoms with E-state index >= 15 is 0 Å². The fourth-order valence-corrected chi connectivity index (χ4v) is 7.18. The first kappa shape index (κ1) is 50.8. The topological polar surface area (TPSA) is 89.8 Å². The van der Waals surface area contributed by atoms with Crippen LogP contribution >= 0.6 is 0 Å². The number of carbonyl (C=O) groups is 1. The van der Waals surface area contributed by atoms with Crippen molar-refractivity contribution in [2.24, 2.45) is 0 Å². The van der Waals surface area contributed by atoms with Gasteiger partial charge in [-0.3, -0.25) is 4.79 Å². The molecule has 0 aromatic heterocycles. The van der Waals surface area contributed by atoms with E-state index in [1.165, 1.54) is 173 Å². The van der Waals surface area contributed by atoms with Crippen LogP contribution in [0, 0.1) is 0 Å². The number of amides is 1. The Hall–Kier alpha value is -1.17. The van der Waals surface area contributed by atoms with E-state index < -0.39 is 18.2 Å². The van der Waals surface area contributed by atoms with E-state index in [1.54, 1.807) is 0 Å². The number of rotatable bonds is 42. The van der Waals surface area contributed by atoms with Crippen LogP contribution < -0.4 is 5.32 Å². The standard InChI is InChI=1S/C47H91NO4/c1-3-5-7-9-11-13-15-17-18-19-20-21-22-23-24-25-26-27-28-29-30-32-34-36-38-40-42-46(51)48-44(43-49)47(52)45(50)41-39-37-35-33-31-16-14-12-10-8-6-4-2/h12,14,33,35,44-45,47,49-50,52H,3-11,13,15-32,34,36-43H2,1-2H3,(H,48,51)/b14-12+,35-33+. The third-order valence-corrected chi connectivity index (χ3v) is 10.8. The molecule has 0 bridgehead atoms. The molecule has 0 saturated heterocycles. The second kappa shape index (κ2) is 42.6. The molecule has 308 valence electrons. The second-order valence-corrected chi connectivity index (χ2v) is 16.0. The van der Waals surface area contributed by atoms with Gasteiger partial charge in [0.15, 0.2) is 0 Å². The minimum absolute atomic E-state index is 0.156. The smallest absolute Gasteiger partial charge is 0.220 e. The highest BCUT2D eigenvalue weighted by Crippen LogP contribution is 2.17. The lowest BCUT2D eigenvalue weighted by molar-refractivity contribution is -0.124. The first-order chi connectivity index (χ1) is 25.6. The van der Waals surface area contributed by atoms with Crippen LogP contribution in [0.25, 0.3) is 0 Å². The molecule has 0 aliphatic rings. The van der Waals surface area contributed by atoms with Crippen LogP contribution in [0.15, 0.2) is 24.3 Å². The molecule has 0 heterocycles. The number of hydrogen-bond donors (Lipinski definition) is 4. The summed E-state index contributed by atoms with van der Waals surface area (Å²) in [6, 6.07) is -0.828. The number of aliphatic hydroxyl groups excluding tert-OH is 3. The predicted octanol–water partition coefficient (Wildman–Crippen LogP) is 13.4. The molecule has 0 saturated carbocycles. The number of aliphatic hydroxyl groups is 3. The lowest BCUT2D eigenvalue weighted by Crippen LogP contribution is -2.50. The molecule has 0 fully saturated rings. The van der Waals surface area contributed by atoms with Crippen LogP contribution in [0.4, 0.5) is 0 Å². The zero-order chi connectivity index (χ0) is 38.0. The zero-order valence-corrected chi connectivity index (χ0v) is 35.0. The molecule has 0 aromatic carbocycles. The third-order valence-electron chi connectivity index (χ3n) is 10.8. The van der Waals surface area contributed by atoms with Crippen molar-refractivity contribution in [3.63, 3.8) is 0 Å². The summed E-state index contributed by atoms with van der Waals surface area (Å²) >= 11 is 0. The summed E-state index contributed by atoms with van der Waals surface area (Å²) in [5.74, 6) is -0.156. The van der Waals surface area contributed by atoms with Gasteiger partial charge in [-0.2, -0.15) is 0 Å². The van der Waals surface area contributed by atoms with Crippen LogP contribution in [0.3, 0.4) is 0 Å². The second-order valence-electron chi connectivity index (χ2n) is 16.0. The van der Waals surface area contributed by atoms with Gasteiger partial charge in [-0.15, -0.1) is 0 Å². The molecule has 1 amide bonds. The lowest BCUT2D eigenvalue weighted by Gasteiger charge is -2.26. The number of carbonyl (C=O) groups excluding carboxylic acids is 1. The summed E-state index contributed by atoms with van der Waals surface area (Å²) in [6.07, 6.45) is 51.7. The summed E-state index contributed by atoms with van der Waals surface area (Å²) in [7, 11) is 0. The Morgan fingerprint density at radius 3 is 1.17 bits per heavy atom. The maximum atomic E-state index is 12.4. The van der Waals surface area contributed by atoms with Gasteiger partial charge in [0.2, 0.25) is 5.91 Å². The van der Waals surface area contributed by atoms with Gasteiger partial charge in [0.25, 0.3) is 0 Å². The summed E-state index contributed by atoms with van der Waals surface area (Å²) in [5.41, 5.74) is 0. The Bertz CT molecular complexity index is 768. The Balaban J connectivity index is 3.54. The quantitative estimate of drug-likeness (QED) is 0.0371. The maximum absolute atomic E-state index is 12.4. The Labute approximate surface area is 324 Å². The van der Waals surface area contributed by atoms with Crippen LogP contribution in [0.2, 0.25) is 0 Å². The van der Waals surface area contributed by atoms with Crippen LogP contribution in [0.1, 0.15) is 245 Å². The maximum Gasteiger partial charge on any atom is 0.220 e. The van der Waals surface area contributed by atoms with Crippen molar-refractivity contribution >= 4 is 5.91 Å². The molecule has 52 heavy (non-hydrogen) atoms. The van der Waals surface area contributed by atoms with E-state index in [9.17, 15) is 20.1 Å². The van der Waals surface area contributed by atoms with Crippen molar-refractivity contribution in [3.05, 3.63) is 24.3 Å². The molecule has 3 unspecified atom stereocenters. The van der Waals surface area contributed by atoms with Crippen LogP contribution in [0.5, 0.6) is 0 Å². The molecule has 0 spiro atoms. The van der Waals surface area contributed by atoms with Crippen molar-refractivity contribution in [2.75, 3.05) is 6.61 Å². The van der Waals surface area contributed by atoms with Crippen molar-refractivity contribution in [1.82, 2.24) is 5.32 Å². The van der Waals surface area contributed by atoms with Gasteiger partial charge in [-0.1, -0.05) is 212 Å². The number of allylic oxidation sites excluding steroid dienone is 4. The van der Waals surface area contributed by atoms with Crippen molar-refractivity contribution in [1.29, 1.82) is 0 Å². The van der Waals surface area contributed by atoms with Crippen molar-refractivity contribution in [3.8, 4) is 0 Å². The summed E-state index contributed by atoms with van der Waals surface area (Å²) in [4.78, 5) is 12.4. The molecular formula is C47H91NO4. The highest BCUT2D eigenvalue weighted by Gasteiger charge is 2.26. The van der Waals surface area contributed by atoms with E-state index in [0.29, 0.717) is 12.8 Å². The monoisotopic (exact) mass is 734 g/mol. The fraction of sp³-hybridized carbons (Fsp3) is 0.894. The molecule has 4 N–H and O–H groups in total. The van der Waals surface area contributed by atoms with Crippen LogP contribution in [-0.2, 0) is 4.79 Å². The average Bonchev–Trinajstić information content (AvgIpc) is 3.15. The van der Waals surface area contributed by atoms with Gasteiger partial charge in [0.1, 0.15) is 6.10 Å². The van der Waals surface area contributed by atoms with E-state index in [4.69, 9.17) is 0 Å². The van der Waals surface area contributed by atoms with Gasteiger partial charge >= 0.3 is 0 Å². The number of nitrogens with one attached hydrogen (secondary N) is 1. The molecule has 0 radical (unpaired) electrons. The molecule has 3 atom stereocenters. The highest BCUT2D eigenvalue weighted by atomic mass is 16.3. The van der Waals surface area contributed by atoms with E-state index in [2.05, 4.69) is 43.5 Å². The Kier molecular flexibility index (Phi) is 41.6. The SMILES string of the molecule is CCCCC/C=C/CC/C=C/CCCC(O)C(O)C(CO)NC(=O)CCCCCCCCCCCCCCCCCCCCCCCCCCCC. The zero-order valence-electron chi connectivity index (χ0n) is 35.0. The minimum atomic E-state index is -1.16. The molecular weight excluding hydrogens is 643 g/mol. The van der Waals surface area contributed by atoms with E-state index in [-0.39, 0.29) is 12.5 Å². The van der Waals surface area contributed by atoms with Gasteiger partial charge in [0, 0.05) is 6.42 Å². The minimum Gasteiger partial charge on any atom is -0.394 e. The molecule has 0 aliphatic carbocycles. The normalized spacial score (nSPS) is 13.7. The molecule has 5 heteroatoms. The Morgan fingerprint density at radius 2 is 0.788 bits per heavy atom. The molecule has 5 nitrogen and oxygen atoms in total. The van der Waals surface area contributed by atoms with Gasteiger partial charge in [0.05, 0.1) is 18.8 Å². The van der Waals surface area contributed by atoms with Gasteiger partial charge in [-0.25, -0.2) is 0 Å². The largest absolute Gasteiger partial charge is 0.394 e. The summed E-state index contributed by atoms with van der Waals surface area (Å²) < 4.78 is 0. The predicted molar refractivity (Wildman–Crippen MR) is 227 cm³/mol. The first-order valence-electron chi connectivity index (χ1n) is 23.1. The summed E-state index contributed by atoms with van der Waals surface area (Å²) in [6.45, 7) is 4.14. The Morgan fingerprint density at radius 1 is 0.462 bits per heavy atom. The molecule has 0 aliphatic heterocycles. The summed E-state index contributed by atoms with van der Waals surface area (Å²) in [5, 5.41) is 33.4.